The summed E-state index contributed by atoms with van der Waals surface area (Å²) < 4.78 is 28.8. The van der Waals surface area contributed by atoms with Crippen LogP contribution in [0, 0.1) is 10.1 Å². The lowest BCUT2D eigenvalue weighted by molar-refractivity contribution is -0.390. The van der Waals surface area contributed by atoms with Gasteiger partial charge in [-0.05, 0) is 9.91 Å². The highest BCUT2D eigenvalue weighted by molar-refractivity contribution is 5.93. The van der Waals surface area contributed by atoms with Gasteiger partial charge in [-0.1, -0.05) is 0 Å². The number of aromatic hydroxyl groups is 1. The number of nitrogens with zero attached hydrogens (tertiary/aromatic N) is 2. The van der Waals surface area contributed by atoms with E-state index in [2.05, 4.69) is 9.72 Å². The number of halogens is 2. The normalized spacial score (nSPS) is 10.4. The van der Waals surface area contributed by atoms with Gasteiger partial charge >= 0.3 is 18.2 Å². The van der Waals surface area contributed by atoms with Crippen molar-refractivity contribution in [2.45, 2.75) is 6.43 Å². The number of hydrogen-bond acceptors (Lipinski definition) is 6. The third-order valence-electron chi connectivity index (χ3n) is 1.80. The number of carbonyl (C=O) groups excluding carboxylic acids is 1. The summed E-state index contributed by atoms with van der Waals surface area (Å²) in [4.78, 5) is 23.5. The molecule has 0 atom stereocenters. The fourth-order valence-electron chi connectivity index (χ4n) is 1.07. The van der Waals surface area contributed by atoms with Crippen molar-refractivity contribution in [3.63, 3.8) is 0 Å². The maximum atomic E-state index is 12.3. The number of pyridine rings is 1. The van der Waals surface area contributed by atoms with E-state index >= 15 is 0 Å². The summed E-state index contributed by atoms with van der Waals surface area (Å²) in [6.45, 7) is 0. The molecule has 9 heteroatoms. The number of esters is 1. The van der Waals surface area contributed by atoms with Crippen LogP contribution in [-0.2, 0) is 4.74 Å². The zero-order chi connectivity index (χ0) is 13.2. The van der Waals surface area contributed by atoms with E-state index in [0.717, 1.165) is 7.11 Å². The Morgan fingerprint density at radius 2 is 2.24 bits per heavy atom. The Morgan fingerprint density at radius 3 is 2.65 bits per heavy atom. The summed E-state index contributed by atoms with van der Waals surface area (Å²) in [6, 6.07) is 0.526. The molecule has 0 aliphatic carbocycles. The first-order valence-electron chi connectivity index (χ1n) is 4.13. The Hall–Kier alpha value is -2.32. The van der Waals surface area contributed by atoms with E-state index in [4.69, 9.17) is 5.11 Å². The van der Waals surface area contributed by atoms with Gasteiger partial charge in [-0.3, -0.25) is 0 Å². The SMILES string of the molecule is COC(=O)c1cc(O)c(C(F)F)nc1[N+](=O)[O-]. The Labute approximate surface area is 92.8 Å². The third kappa shape index (κ3) is 2.44. The lowest BCUT2D eigenvalue weighted by Gasteiger charge is -2.03. The van der Waals surface area contributed by atoms with E-state index in [1.807, 2.05) is 0 Å². The van der Waals surface area contributed by atoms with Gasteiger partial charge in [0.2, 0.25) is 0 Å². The molecule has 0 radical (unpaired) electrons. The molecule has 7 nitrogen and oxygen atoms in total. The number of aromatic nitrogens is 1. The number of methoxy groups -OCH3 is 1. The predicted octanol–water partition coefficient (Wildman–Crippen LogP) is 1.42. The van der Waals surface area contributed by atoms with E-state index in [0.29, 0.717) is 6.07 Å². The number of alkyl halides is 2. The minimum atomic E-state index is -3.19. The molecule has 0 saturated carbocycles. The summed E-state index contributed by atoms with van der Waals surface area (Å²) in [5, 5.41) is 19.7. The van der Waals surface area contributed by atoms with Gasteiger partial charge in [0, 0.05) is 6.07 Å². The van der Waals surface area contributed by atoms with E-state index in [1.54, 1.807) is 0 Å². The summed E-state index contributed by atoms with van der Waals surface area (Å²) in [6.07, 6.45) is -3.19. The first-order chi connectivity index (χ1) is 7.88. The minimum Gasteiger partial charge on any atom is -0.504 e. The van der Waals surface area contributed by atoms with E-state index in [-0.39, 0.29) is 0 Å². The standard InChI is InChI=1S/C8H6F2N2O5/c1-17-8(14)3-2-4(13)5(6(9)10)11-7(3)12(15)16/h2,6,13H,1H3. The molecule has 1 aromatic heterocycles. The topological polar surface area (TPSA) is 103 Å². The average molecular weight is 248 g/mol. The van der Waals surface area contributed by atoms with Crippen LogP contribution in [0.5, 0.6) is 5.75 Å². The molecule has 0 aromatic carbocycles. The molecule has 0 saturated heterocycles. The van der Waals surface area contributed by atoms with Crippen molar-refractivity contribution < 1.29 is 28.3 Å². The molecule has 0 bridgehead atoms. The van der Waals surface area contributed by atoms with Crippen molar-refractivity contribution >= 4 is 11.8 Å². The molecule has 0 aliphatic rings. The Bertz CT molecular complexity index is 477. The van der Waals surface area contributed by atoms with Crippen molar-refractivity contribution in [3.05, 3.63) is 27.4 Å². The minimum absolute atomic E-state index is 0.526. The van der Waals surface area contributed by atoms with Crippen LogP contribution in [0.1, 0.15) is 22.5 Å². The zero-order valence-electron chi connectivity index (χ0n) is 8.39. The fraction of sp³-hybridized carbons (Fsp3) is 0.250. The number of hydrogen-bond donors (Lipinski definition) is 1. The highest BCUT2D eigenvalue weighted by Crippen LogP contribution is 2.31. The molecule has 1 rings (SSSR count). The second kappa shape index (κ2) is 4.68. The molecule has 1 aromatic rings. The zero-order valence-corrected chi connectivity index (χ0v) is 8.39. The Balaban J connectivity index is 3.46. The molecule has 17 heavy (non-hydrogen) atoms. The Kier molecular flexibility index (Phi) is 3.51. The first kappa shape index (κ1) is 12.7. The molecular weight excluding hydrogens is 242 g/mol. The fourth-order valence-corrected chi connectivity index (χ4v) is 1.07. The summed E-state index contributed by atoms with van der Waals surface area (Å²) in [5.74, 6) is -3.25. The summed E-state index contributed by atoms with van der Waals surface area (Å²) >= 11 is 0. The second-order valence-electron chi connectivity index (χ2n) is 2.81. The van der Waals surface area contributed by atoms with E-state index in [9.17, 15) is 23.7 Å². The van der Waals surface area contributed by atoms with Crippen LogP contribution in [0.25, 0.3) is 0 Å². The van der Waals surface area contributed by atoms with Crippen molar-refractivity contribution in [2.75, 3.05) is 7.11 Å². The largest absolute Gasteiger partial charge is 0.504 e. The molecule has 1 heterocycles. The van der Waals surface area contributed by atoms with Crippen molar-refractivity contribution in [3.8, 4) is 5.75 Å². The van der Waals surface area contributed by atoms with Crippen LogP contribution in [0.15, 0.2) is 6.07 Å². The lowest BCUT2D eigenvalue weighted by Crippen LogP contribution is -2.09. The summed E-state index contributed by atoms with van der Waals surface area (Å²) in [7, 11) is 0.949. The number of rotatable bonds is 3. The van der Waals surface area contributed by atoms with Crippen LogP contribution in [0.2, 0.25) is 0 Å². The van der Waals surface area contributed by atoms with E-state index < -0.39 is 40.1 Å². The number of nitro groups is 1. The van der Waals surface area contributed by atoms with Crippen molar-refractivity contribution in [2.24, 2.45) is 0 Å². The van der Waals surface area contributed by atoms with Gasteiger partial charge in [0.15, 0.2) is 11.3 Å². The molecule has 0 spiro atoms. The first-order valence-corrected chi connectivity index (χ1v) is 4.13. The predicted molar refractivity (Wildman–Crippen MR) is 48.9 cm³/mol. The molecule has 0 aliphatic heterocycles. The van der Waals surface area contributed by atoms with Gasteiger partial charge in [-0.15, -0.1) is 0 Å². The third-order valence-corrected chi connectivity index (χ3v) is 1.80. The number of ether oxygens (including phenoxy) is 1. The van der Waals surface area contributed by atoms with Gasteiger partial charge < -0.3 is 20.0 Å². The molecule has 1 N–H and O–H groups in total. The lowest BCUT2D eigenvalue weighted by atomic mass is 10.2. The van der Waals surface area contributed by atoms with Gasteiger partial charge in [0.25, 0.3) is 5.69 Å². The smallest absolute Gasteiger partial charge is 0.378 e. The van der Waals surface area contributed by atoms with Crippen molar-refractivity contribution in [1.82, 2.24) is 4.98 Å². The molecule has 0 amide bonds. The van der Waals surface area contributed by atoms with Gasteiger partial charge in [-0.25, -0.2) is 13.6 Å². The van der Waals surface area contributed by atoms with Crippen LogP contribution >= 0.6 is 0 Å². The maximum absolute atomic E-state index is 12.3. The second-order valence-corrected chi connectivity index (χ2v) is 2.81. The monoisotopic (exact) mass is 248 g/mol. The van der Waals surface area contributed by atoms with Crippen LogP contribution < -0.4 is 0 Å². The highest BCUT2D eigenvalue weighted by atomic mass is 19.3. The van der Waals surface area contributed by atoms with Crippen molar-refractivity contribution in [1.29, 1.82) is 0 Å². The van der Waals surface area contributed by atoms with Crippen LogP contribution in [0.4, 0.5) is 14.6 Å². The van der Waals surface area contributed by atoms with Gasteiger partial charge in [-0.2, -0.15) is 0 Å². The quantitative estimate of drug-likeness (QED) is 0.493. The molecule has 0 unspecified atom stereocenters. The summed E-state index contributed by atoms with van der Waals surface area (Å²) in [5.41, 5.74) is -1.86. The maximum Gasteiger partial charge on any atom is 0.378 e. The molecular formula is C8H6F2N2O5. The van der Waals surface area contributed by atoms with Crippen LogP contribution in [0.3, 0.4) is 0 Å². The molecule has 92 valence electrons. The van der Waals surface area contributed by atoms with Crippen LogP contribution in [-0.4, -0.2) is 28.1 Å². The average Bonchev–Trinajstić information content (AvgIpc) is 2.26. The van der Waals surface area contributed by atoms with E-state index in [1.165, 1.54) is 0 Å². The van der Waals surface area contributed by atoms with Gasteiger partial charge in [0.05, 0.1) is 7.11 Å². The number of carbonyl (C=O) groups is 1. The Morgan fingerprint density at radius 1 is 1.65 bits per heavy atom. The van der Waals surface area contributed by atoms with Gasteiger partial charge in [0.1, 0.15) is 0 Å². The highest BCUT2D eigenvalue weighted by Gasteiger charge is 2.30. The molecule has 0 fully saturated rings.